The van der Waals surface area contributed by atoms with Gasteiger partial charge in [0.25, 0.3) is 0 Å². The molecule has 43 heavy (non-hydrogen) atoms. The standard InChI is InChI=1S/C11H11NO5.6C4H9.2Sn/c13-9(5-6-10(14)15)12-8-3-1-7(2-4-8)11(16)17;6*1-3-4-2;;/h1-4H,5-6H2,(H,12,13)(H,14,15)(H,16,17);6*1,3-4H2,2H3;;/q;;;;;;;2*+1/p-2. The van der Waals surface area contributed by atoms with Crippen molar-refractivity contribution in [2.75, 3.05) is 5.32 Å². The predicted octanol–water partition coefficient (Wildman–Crippen LogP) is 10.8. The molecule has 6 nitrogen and oxygen atoms in total. The van der Waals surface area contributed by atoms with Crippen molar-refractivity contribution in [2.24, 2.45) is 0 Å². The SMILES string of the molecule is CCC[CH2][Sn]([CH2]CCC)([CH2]CCC)[O]C(=O)CCC(=O)Nc1ccc(C(=O)[O][Sn]([CH2]CCC)([CH2]CCC)[CH2]CCC)cc1. The summed E-state index contributed by atoms with van der Waals surface area (Å²) in [5.41, 5.74) is 1.16. The van der Waals surface area contributed by atoms with Gasteiger partial charge in [-0.15, -0.1) is 0 Å². The number of rotatable bonds is 25. The van der Waals surface area contributed by atoms with Crippen molar-refractivity contribution in [3.05, 3.63) is 29.8 Å². The molecule has 1 aromatic carbocycles. The van der Waals surface area contributed by atoms with Crippen LogP contribution >= 0.6 is 0 Å². The molecule has 1 amide bonds. The van der Waals surface area contributed by atoms with Crippen molar-refractivity contribution in [3.63, 3.8) is 0 Å². The first kappa shape index (κ1) is 40.3. The molecule has 0 aliphatic rings. The van der Waals surface area contributed by atoms with Crippen molar-refractivity contribution in [1.82, 2.24) is 0 Å². The number of hydrogen-bond acceptors (Lipinski definition) is 5. The number of hydrogen-bond donors (Lipinski definition) is 1. The van der Waals surface area contributed by atoms with Crippen molar-refractivity contribution >= 4 is 61.1 Å². The van der Waals surface area contributed by atoms with E-state index in [1.807, 2.05) is 0 Å². The molecule has 0 radical (unpaired) electrons. The van der Waals surface area contributed by atoms with E-state index in [1.54, 1.807) is 24.3 Å². The van der Waals surface area contributed by atoms with E-state index in [0.717, 1.165) is 104 Å². The summed E-state index contributed by atoms with van der Waals surface area (Å²) in [4.78, 5) is 38.9. The fourth-order valence-electron chi connectivity index (χ4n) is 5.73. The summed E-state index contributed by atoms with van der Waals surface area (Å²) in [5.74, 6) is -0.613. The molecule has 8 heteroatoms. The Morgan fingerprint density at radius 3 is 1.30 bits per heavy atom. The van der Waals surface area contributed by atoms with Crippen LogP contribution in [0.5, 0.6) is 0 Å². The molecule has 1 aromatic rings. The molecule has 0 fully saturated rings. The van der Waals surface area contributed by atoms with Gasteiger partial charge in [-0.25, -0.2) is 0 Å². The molecule has 0 saturated heterocycles. The molecule has 1 rings (SSSR count). The van der Waals surface area contributed by atoms with Crippen LogP contribution in [0, 0.1) is 0 Å². The van der Waals surface area contributed by atoms with Gasteiger partial charge in [0.15, 0.2) is 0 Å². The molecule has 1 N–H and O–H groups in total. The number of benzene rings is 1. The first-order valence-electron chi connectivity index (χ1n) is 17.6. The Hall–Kier alpha value is -0.773. The van der Waals surface area contributed by atoms with Crippen LogP contribution in [0.1, 0.15) is 142 Å². The monoisotopic (exact) mass is 817 g/mol. The zero-order chi connectivity index (χ0) is 32.0. The van der Waals surface area contributed by atoms with Gasteiger partial charge in [-0.1, -0.05) is 0 Å². The number of amides is 1. The average Bonchev–Trinajstić information content (AvgIpc) is 3.01. The van der Waals surface area contributed by atoms with E-state index >= 15 is 0 Å². The molecule has 0 aliphatic carbocycles. The second-order valence-electron chi connectivity index (χ2n) is 12.5. The van der Waals surface area contributed by atoms with Crippen LogP contribution in [0.3, 0.4) is 0 Å². The van der Waals surface area contributed by atoms with E-state index < -0.39 is 37.6 Å². The molecule has 0 unspecified atom stereocenters. The Morgan fingerprint density at radius 1 is 0.558 bits per heavy atom. The summed E-state index contributed by atoms with van der Waals surface area (Å²) < 4.78 is 19.4. The number of unbranched alkanes of at least 4 members (excludes halogenated alkanes) is 6. The van der Waals surface area contributed by atoms with Crippen LogP contribution < -0.4 is 5.32 Å². The van der Waals surface area contributed by atoms with E-state index in [4.69, 9.17) is 6.15 Å². The van der Waals surface area contributed by atoms with Gasteiger partial charge in [-0.05, 0) is 0 Å². The van der Waals surface area contributed by atoms with E-state index in [-0.39, 0.29) is 30.7 Å². The van der Waals surface area contributed by atoms with E-state index in [9.17, 15) is 14.4 Å². The van der Waals surface area contributed by atoms with Crippen LogP contribution in [-0.2, 0) is 15.7 Å². The molecule has 0 bridgehead atoms. The molecular weight excluding hydrogens is 752 g/mol. The number of nitrogens with one attached hydrogen (secondary N) is 1. The van der Waals surface area contributed by atoms with Gasteiger partial charge in [0.05, 0.1) is 0 Å². The summed E-state index contributed by atoms with van der Waals surface area (Å²) in [6, 6.07) is 7.02. The summed E-state index contributed by atoms with van der Waals surface area (Å²) in [7, 11) is 0. The van der Waals surface area contributed by atoms with Gasteiger partial charge < -0.3 is 0 Å². The second-order valence-corrected chi connectivity index (χ2v) is 35.7. The van der Waals surface area contributed by atoms with E-state index in [2.05, 4.69) is 46.9 Å². The van der Waals surface area contributed by atoms with Crippen molar-refractivity contribution in [1.29, 1.82) is 0 Å². The van der Waals surface area contributed by atoms with Gasteiger partial charge in [-0.3, -0.25) is 0 Å². The average molecular weight is 815 g/mol. The number of anilines is 1. The van der Waals surface area contributed by atoms with Gasteiger partial charge in [-0.2, -0.15) is 0 Å². The van der Waals surface area contributed by atoms with Gasteiger partial charge >= 0.3 is 275 Å². The maximum absolute atomic E-state index is 13.3. The Labute approximate surface area is 273 Å². The van der Waals surface area contributed by atoms with Crippen LogP contribution in [-0.4, -0.2) is 55.4 Å². The van der Waals surface area contributed by atoms with E-state index in [1.165, 1.54) is 0 Å². The molecule has 0 atom stereocenters. The Kier molecular flexibility index (Phi) is 22.0. The Balaban J connectivity index is 2.79. The van der Waals surface area contributed by atoms with Crippen molar-refractivity contribution in [3.8, 4) is 0 Å². The summed E-state index contributed by atoms with van der Waals surface area (Å²) in [6.07, 6.45) is 13.7. The number of carbonyl (C=O) groups excluding carboxylic acids is 3. The van der Waals surface area contributed by atoms with Gasteiger partial charge in [0.2, 0.25) is 0 Å². The van der Waals surface area contributed by atoms with Crippen molar-refractivity contribution < 1.29 is 20.5 Å². The minimum absolute atomic E-state index is 0.100. The van der Waals surface area contributed by atoms with Gasteiger partial charge in [0, 0.05) is 0 Å². The summed E-state index contributed by atoms with van der Waals surface area (Å²) in [5, 5.41) is 2.89. The third-order valence-corrected chi connectivity index (χ3v) is 33.8. The molecule has 0 spiro atoms. The second kappa shape index (κ2) is 23.5. The van der Waals surface area contributed by atoms with Crippen LogP contribution in [0.4, 0.5) is 5.69 Å². The quantitative estimate of drug-likeness (QED) is 0.0995. The fraction of sp³-hybridized carbons (Fsp3) is 0.743. The summed E-state index contributed by atoms with van der Waals surface area (Å²) >= 11 is -6.10. The Morgan fingerprint density at radius 2 is 0.930 bits per heavy atom. The third-order valence-electron chi connectivity index (χ3n) is 8.52. The molecular formula is C35H63NO5Sn2. The predicted molar refractivity (Wildman–Crippen MR) is 186 cm³/mol. The van der Waals surface area contributed by atoms with Crippen molar-refractivity contribution in [2.45, 2.75) is 158 Å². The topological polar surface area (TPSA) is 81.7 Å². The zero-order valence-corrected chi connectivity index (χ0v) is 34.2. The van der Waals surface area contributed by atoms with Crippen LogP contribution in [0.25, 0.3) is 0 Å². The zero-order valence-electron chi connectivity index (χ0n) is 28.5. The Bertz CT molecular complexity index is 878. The maximum atomic E-state index is 13.3. The molecule has 0 heterocycles. The number of carbonyl (C=O) groups is 3. The molecule has 0 saturated carbocycles. The first-order chi connectivity index (χ1) is 20.7. The van der Waals surface area contributed by atoms with Gasteiger partial charge in [0.1, 0.15) is 0 Å². The molecule has 0 aromatic heterocycles. The normalized spacial score (nSPS) is 11.8. The van der Waals surface area contributed by atoms with Crippen LogP contribution in [0.15, 0.2) is 24.3 Å². The van der Waals surface area contributed by atoms with Crippen LogP contribution in [0.2, 0.25) is 26.6 Å². The fourth-order valence-corrected chi connectivity index (χ4v) is 32.0. The van der Waals surface area contributed by atoms with E-state index in [0.29, 0.717) is 11.3 Å². The molecule has 246 valence electrons. The third kappa shape index (κ3) is 16.4. The summed E-state index contributed by atoms with van der Waals surface area (Å²) in [6.45, 7) is 13.2. The molecule has 0 aliphatic heterocycles. The minimum atomic E-state index is -3.06. The first-order valence-corrected chi connectivity index (χ1v) is 32.0.